The number of anilines is 1. The number of hydrogen-bond donors (Lipinski definition) is 1. The van der Waals surface area contributed by atoms with Gasteiger partial charge in [-0.3, -0.25) is 4.98 Å². The molecule has 1 fully saturated rings. The van der Waals surface area contributed by atoms with E-state index in [1.807, 2.05) is 13.0 Å². The van der Waals surface area contributed by atoms with E-state index < -0.39 is 0 Å². The van der Waals surface area contributed by atoms with Crippen molar-refractivity contribution >= 4 is 16.6 Å². The molecule has 1 saturated heterocycles. The Hall–Kier alpha value is -1.61. The average molecular weight is 270 g/mol. The zero-order chi connectivity index (χ0) is 14.0. The van der Waals surface area contributed by atoms with Crippen molar-refractivity contribution in [2.75, 3.05) is 25.1 Å². The molecule has 0 spiro atoms. The lowest BCUT2D eigenvalue weighted by atomic mass is 9.82. The molecule has 20 heavy (non-hydrogen) atoms. The number of aromatic nitrogens is 1. The predicted molar refractivity (Wildman–Crippen MR) is 83.1 cm³/mol. The minimum Gasteiger partial charge on any atom is -0.384 e. The quantitative estimate of drug-likeness (QED) is 0.921. The van der Waals surface area contributed by atoms with Gasteiger partial charge in [-0.15, -0.1) is 0 Å². The van der Waals surface area contributed by atoms with E-state index in [-0.39, 0.29) is 0 Å². The van der Waals surface area contributed by atoms with Gasteiger partial charge in [0.25, 0.3) is 0 Å². The van der Waals surface area contributed by atoms with Crippen molar-refractivity contribution < 1.29 is 4.74 Å². The molecule has 1 aromatic heterocycles. The molecule has 0 unspecified atom stereocenters. The van der Waals surface area contributed by atoms with Gasteiger partial charge in [-0.2, -0.15) is 0 Å². The highest BCUT2D eigenvalue weighted by Gasteiger charge is 2.27. The first-order valence-corrected chi connectivity index (χ1v) is 7.34. The van der Waals surface area contributed by atoms with Crippen molar-refractivity contribution in [1.29, 1.82) is 0 Å². The fourth-order valence-corrected chi connectivity index (χ4v) is 2.80. The van der Waals surface area contributed by atoms with Crippen molar-refractivity contribution in [2.24, 2.45) is 5.41 Å². The topological polar surface area (TPSA) is 34.1 Å². The first-order chi connectivity index (χ1) is 9.66. The van der Waals surface area contributed by atoms with E-state index in [1.54, 1.807) is 0 Å². The van der Waals surface area contributed by atoms with Crippen LogP contribution in [0.2, 0.25) is 0 Å². The van der Waals surface area contributed by atoms with Crippen LogP contribution in [-0.4, -0.2) is 24.7 Å². The molecule has 3 nitrogen and oxygen atoms in total. The Bertz CT molecular complexity index is 603. The summed E-state index contributed by atoms with van der Waals surface area (Å²) >= 11 is 0. The molecule has 1 aliphatic rings. The standard InChI is InChI=1S/C17H22N2O/c1-13-11-16(14-5-3-4-6-15(14)19-13)18-12-17(2)7-9-20-10-8-17/h3-6,11H,7-10,12H2,1-2H3,(H,18,19). The first-order valence-electron chi connectivity index (χ1n) is 7.34. The van der Waals surface area contributed by atoms with Crippen LogP contribution < -0.4 is 5.32 Å². The van der Waals surface area contributed by atoms with E-state index in [2.05, 4.69) is 41.5 Å². The largest absolute Gasteiger partial charge is 0.384 e. The Morgan fingerprint density at radius 1 is 1.25 bits per heavy atom. The monoisotopic (exact) mass is 270 g/mol. The lowest BCUT2D eigenvalue weighted by molar-refractivity contribution is 0.0300. The average Bonchev–Trinajstić information content (AvgIpc) is 2.45. The highest BCUT2D eigenvalue weighted by atomic mass is 16.5. The van der Waals surface area contributed by atoms with Crippen molar-refractivity contribution in [3.05, 3.63) is 36.0 Å². The normalized spacial score (nSPS) is 18.1. The summed E-state index contributed by atoms with van der Waals surface area (Å²) in [7, 11) is 0. The maximum atomic E-state index is 5.47. The SMILES string of the molecule is Cc1cc(NCC2(C)CCOCC2)c2ccccc2n1. The number of rotatable bonds is 3. The van der Waals surface area contributed by atoms with Crippen LogP contribution in [0.15, 0.2) is 30.3 Å². The molecule has 1 aliphatic heterocycles. The molecule has 0 aliphatic carbocycles. The second-order valence-electron chi connectivity index (χ2n) is 6.10. The number of fused-ring (bicyclic) bond motifs is 1. The summed E-state index contributed by atoms with van der Waals surface area (Å²) in [5.41, 5.74) is 3.65. The Balaban J connectivity index is 1.83. The molecule has 0 atom stereocenters. The summed E-state index contributed by atoms with van der Waals surface area (Å²) in [4.78, 5) is 4.59. The Morgan fingerprint density at radius 3 is 2.80 bits per heavy atom. The highest BCUT2D eigenvalue weighted by Crippen LogP contribution is 2.31. The Morgan fingerprint density at radius 2 is 2.00 bits per heavy atom. The van der Waals surface area contributed by atoms with Crippen LogP contribution in [0.4, 0.5) is 5.69 Å². The molecule has 0 bridgehead atoms. The number of hydrogen-bond acceptors (Lipinski definition) is 3. The second-order valence-corrected chi connectivity index (χ2v) is 6.10. The third-order valence-corrected chi connectivity index (χ3v) is 4.25. The zero-order valence-corrected chi connectivity index (χ0v) is 12.3. The smallest absolute Gasteiger partial charge is 0.0725 e. The van der Waals surface area contributed by atoms with Gasteiger partial charge in [-0.1, -0.05) is 25.1 Å². The van der Waals surface area contributed by atoms with Gasteiger partial charge in [0.15, 0.2) is 0 Å². The van der Waals surface area contributed by atoms with Gasteiger partial charge in [-0.25, -0.2) is 0 Å². The van der Waals surface area contributed by atoms with Gasteiger partial charge in [0.1, 0.15) is 0 Å². The van der Waals surface area contributed by atoms with Crippen LogP contribution >= 0.6 is 0 Å². The van der Waals surface area contributed by atoms with Gasteiger partial charge < -0.3 is 10.1 Å². The molecule has 1 aromatic carbocycles. The summed E-state index contributed by atoms with van der Waals surface area (Å²) in [6, 6.07) is 10.5. The Labute approximate surface area is 120 Å². The Kier molecular flexibility index (Phi) is 3.62. The van der Waals surface area contributed by atoms with Crippen molar-refractivity contribution in [3.8, 4) is 0 Å². The van der Waals surface area contributed by atoms with Gasteiger partial charge >= 0.3 is 0 Å². The number of pyridine rings is 1. The summed E-state index contributed by atoms with van der Waals surface area (Å²) in [5.74, 6) is 0. The minimum atomic E-state index is 0.330. The van der Waals surface area contributed by atoms with Crippen LogP contribution in [0, 0.1) is 12.3 Å². The molecule has 0 radical (unpaired) electrons. The highest BCUT2D eigenvalue weighted by molar-refractivity contribution is 5.91. The van der Waals surface area contributed by atoms with E-state index in [4.69, 9.17) is 4.74 Å². The van der Waals surface area contributed by atoms with Gasteiger partial charge in [0.2, 0.25) is 0 Å². The summed E-state index contributed by atoms with van der Waals surface area (Å²) in [5, 5.41) is 4.85. The van der Waals surface area contributed by atoms with E-state index in [1.165, 1.54) is 11.1 Å². The van der Waals surface area contributed by atoms with Crippen LogP contribution in [0.5, 0.6) is 0 Å². The second kappa shape index (κ2) is 5.41. The van der Waals surface area contributed by atoms with Crippen molar-refractivity contribution in [3.63, 3.8) is 0 Å². The van der Waals surface area contributed by atoms with Crippen LogP contribution in [0.3, 0.4) is 0 Å². The van der Waals surface area contributed by atoms with E-state index >= 15 is 0 Å². The number of nitrogens with one attached hydrogen (secondary N) is 1. The van der Waals surface area contributed by atoms with E-state index in [0.717, 1.165) is 43.8 Å². The molecular weight excluding hydrogens is 248 g/mol. The number of aryl methyl sites for hydroxylation is 1. The van der Waals surface area contributed by atoms with E-state index in [0.29, 0.717) is 5.41 Å². The fraction of sp³-hybridized carbons (Fsp3) is 0.471. The predicted octanol–water partition coefficient (Wildman–Crippen LogP) is 3.77. The lowest BCUT2D eigenvalue weighted by Gasteiger charge is -2.34. The number of ether oxygens (including phenoxy) is 1. The maximum Gasteiger partial charge on any atom is 0.0725 e. The maximum absolute atomic E-state index is 5.47. The zero-order valence-electron chi connectivity index (χ0n) is 12.3. The molecule has 2 aromatic rings. The summed E-state index contributed by atoms with van der Waals surface area (Å²) in [6.45, 7) is 7.15. The third-order valence-electron chi connectivity index (χ3n) is 4.25. The van der Waals surface area contributed by atoms with Crippen LogP contribution in [0.1, 0.15) is 25.5 Å². The van der Waals surface area contributed by atoms with Crippen molar-refractivity contribution in [2.45, 2.75) is 26.7 Å². The number of benzene rings is 1. The van der Waals surface area contributed by atoms with E-state index in [9.17, 15) is 0 Å². The molecule has 0 saturated carbocycles. The summed E-state index contributed by atoms with van der Waals surface area (Å²) < 4.78 is 5.47. The van der Waals surface area contributed by atoms with Crippen molar-refractivity contribution in [1.82, 2.24) is 4.98 Å². The molecular formula is C17H22N2O. The van der Waals surface area contributed by atoms with Gasteiger partial charge in [0, 0.05) is 36.5 Å². The molecule has 3 rings (SSSR count). The number of para-hydroxylation sites is 1. The molecule has 106 valence electrons. The van der Waals surface area contributed by atoms with Crippen LogP contribution in [0.25, 0.3) is 10.9 Å². The number of nitrogens with zero attached hydrogens (tertiary/aromatic N) is 1. The first kappa shape index (κ1) is 13.4. The molecule has 3 heteroatoms. The van der Waals surface area contributed by atoms with Gasteiger partial charge in [0.05, 0.1) is 5.52 Å². The fourth-order valence-electron chi connectivity index (χ4n) is 2.80. The molecule has 1 N–H and O–H groups in total. The molecule has 2 heterocycles. The van der Waals surface area contributed by atoms with Crippen LogP contribution in [-0.2, 0) is 4.74 Å². The third kappa shape index (κ3) is 2.78. The summed E-state index contributed by atoms with van der Waals surface area (Å²) in [6.07, 6.45) is 2.25. The van der Waals surface area contributed by atoms with Gasteiger partial charge in [-0.05, 0) is 37.3 Å². The minimum absolute atomic E-state index is 0.330. The molecule has 0 amide bonds. The lowest BCUT2D eigenvalue weighted by Crippen LogP contribution is -2.33.